The Labute approximate surface area is 151 Å². The van der Waals surface area contributed by atoms with Crippen molar-refractivity contribution in [2.75, 3.05) is 5.75 Å². The third-order valence-electron chi connectivity index (χ3n) is 3.77. The van der Waals surface area contributed by atoms with Gasteiger partial charge >= 0.3 is 0 Å². The first kappa shape index (κ1) is 23.5. The monoisotopic (exact) mass is 380 g/mol. The van der Waals surface area contributed by atoms with Crippen molar-refractivity contribution in [3.8, 4) is 0 Å². The molecule has 1 saturated carbocycles. The van der Waals surface area contributed by atoms with E-state index in [0.29, 0.717) is 6.42 Å². The van der Waals surface area contributed by atoms with E-state index >= 15 is 0 Å². The molecule has 0 bridgehead atoms. The first-order valence-electron chi connectivity index (χ1n) is 9.12. The molecule has 0 unspecified atom stereocenters. The molecule has 6 heteroatoms. The SMILES string of the molecule is C1CCCCC1.CCCCCCCCS(=O)(=O)OF.c1ccsc1. The van der Waals surface area contributed by atoms with Crippen molar-refractivity contribution in [3.63, 3.8) is 0 Å². The number of hydrogen-bond acceptors (Lipinski definition) is 4. The van der Waals surface area contributed by atoms with E-state index in [0.717, 1.165) is 25.7 Å². The van der Waals surface area contributed by atoms with Crippen molar-refractivity contribution in [1.82, 2.24) is 0 Å². The van der Waals surface area contributed by atoms with Gasteiger partial charge in [-0.2, -0.15) is 19.8 Å². The zero-order valence-corrected chi connectivity index (χ0v) is 16.6. The molecule has 24 heavy (non-hydrogen) atoms. The van der Waals surface area contributed by atoms with E-state index in [9.17, 15) is 12.9 Å². The number of hydrogen-bond donors (Lipinski definition) is 0. The molecule has 1 aliphatic carbocycles. The highest BCUT2D eigenvalue weighted by molar-refractivity contribution is 7.86. The second-order valence-electron chi connectivity index (χ2n) is 6.01. The summed E-state index contributed by atoms with van der Waals surface area (Å²) in [5.41, 5.74) is 0. The lowest BCUT2D eigenvalue weighted by molar-refractivity contribution is 0.00288. The standard InChI is InChI=1S/C8H17FO3S.C6H12.C4H4S/c1-2-3-4-5-6-7-8-13(10,11)12-9;1-2-4-6-5-3-1;1-2-4-5-3-1/h2-8H2,1H3;1-6H2;1-4H. The zero-order chi connectivity index (χ0) is 17.9. The van der Waals surface area contributed by atoms with Crippen LogP contribution in [0.3, 0.4) is 0 Å². The fourth-order valence-electron chi connectivity index (χ4n) is 2.38. The van der Waals surface area contributed by atoms with Crippen LogP contribution >= 0.6 is 11.3 Å². The van der Waals surface area contributed by atoms with Gasteiger partial charge in [-0.15, -0.1) is 0 Å². The molecule has 1 aromatic heterocycles. The maximum atomic E-state index is 11.3. The Hall–Kier alpha value is -0.460. The highest BCUT2D eigenvalue weighted by atomic mass is 32.2. The number of rotatable bonds is 8. The lowest BCUT2D eigenvalue weighted by Gasteiger charge is -2.05. The van der Waals surface area contributed by atoms with Gasteiger partial charge in [0.2, 0.25) is 0 Å². The molecule has 3 nitrogen and oxygen atoms in total. The lowest BCUT2D eigenvalue weighted by atomic mass is 10.0. The fourth-order valence-corrected chi connectivity index (χ4v) is 3.45. The Balaban J connectivity index is 0.000000388. The first-order chi connectivity index (χ1) is 11.6. The predicted octanol–water partition coefficient (Wildman–Crippen LogP) is 6.67. The third kappa shape index (κ3) is 17.9. The average molecular weight is 381 g/mol. The van der Waals surface area contributed by atoms with Crippen LogP contribution in [0.2, 0.25) is 0 Å². The normalized spacial score (nSPS) is 14.1. The van der Waals surface area contributed by atoms with Gasteiger partial charge in [0.1, 0.15) is 0 Å². The second kappa shape index (κ2) is 17.4. The molecule has 0 saturated heterocycles. The van der Waals surface area contributed by atoms with Gasteiger partial charge < -0.3 is 0 Å². The molecule has 0 aliphatic heterocycles. The molecule has 1 heterocycles. The Kier molecular flexibility index (Phi) is 17.0. The van der Waals surface area contributed by atoms with Gasteiger partial charge in [-0.25, -0.2) is 0 Å². The molecule has 142 valence electrons. The van der Waals surface area contributed by atoms with E-state index in [1.165, 1.54) is 44.9 Å². The van der Waals surface area contributed by atoms with Crippen LogP contribution in [-0.4, -0.2) is 14.2 Å². The van der Waals surface area contributed by atoms with Crippen LogP contribution in [0.25, 0.3) is 0 Å². The van der Waals surface area contributed by atoms with Gasteiger partial charge in [-0.05, 0) is 21.7 Å². The molecular formula is C18H33FO3S2. The predicted molar refractivity (Wildman–Crippen MR) is 101 cm³/mol. The van der Waals surface area contributed by atoms with Gasteiger partial charge in [0, 0.05) is 0 Å². The van der Waals surface area contributed by atoms with Gasteiger partial charge in [0.25, 0.3) is 10.1 Å². The maximum Gasteiger partial charge on any atom is 0.297 e. The fraction of sp³-hybridized carbons (Fsp3) is 0.778. The number of unbranched alkanes of at least 4 members (excludes halogenated alkanes) is 5. The second-order valence-corrected chi connectivity index (χ2v) is 8.47. The molecule has 0 aromatic carbocycles. The Morgan fingerprint density at radius 1 is 0.875 bits per heavy atom. The largest absolute Gasteiger partial charge is 0.297 e. The minimum absolute atomic E-state index is 0.213. The van der Waals surface area contributed by atoms with Crippen LogP contribution in [-0.2, 0) is 14.5 Å². The van der Waals surface area contributed by atoms with Gasteiger partial charge in [-0.3, -0.25) is 0 Å². The highest BCUT2D eigenvalue weighted by Crippen LogP contribution is 2.15. The van der Waals surface area contributed by atoms with Crippen LogP contribution < -0.4 is 0 Å². The van der Waals surface area contributed by atoms with E-state index < -0.39 is 10.1 Å². The summed E-state index contributed by atoms with van der Waals surface area (Å²) in [5.74, 6) is -0.213. The summed E-state index contributed by atoms with van der Waals surface area (Å²) < 4.78 is 35.1. The summed E-state index contributed by atoms with van der Waals surface area (Å²) in [6.07, 6.45) is 14.8. The van der Waals surface area contributed by atoms with Crippen molar-refractivity contribution in [2.45, 2.75) is 84.0 Å². The first-order valence-corrected chi connectivity index (χ1v) is 11.6. The molecule has 0 amide bonds. The van der Waals surface area contributed by atoms with Gasteiger partial charge in [0.05, 0.1) is 5.75 Å². The summed E-state index contributed by atoms with van der Waals surface area (Å²) in [6, 6.07) is 4.04. The Morgan fingerprint density at radius 2 is 1.33 bits per heavy atom. The van der Waals surface area contributed by atoms with Crippen LogP contribution in [0.4, 0.5) is 4.53 Å². The minimum Gasteiger partial charge on any atom is -0.197 e. The van der Waals surface area contributed by atoms with E-state index in [-0.39, 0.29) is 5.75 Å². The van der Waals surface area contributed by atoms with Crippen LogP contribution in [0.5, 0.6) is 0 Å². The van der Waals surface area contributed by atoms with Crippen molar-refractivity contribution in [3.05, 3.63) is 22.9 Å². The summed E-state index contributed by atoms with van der Waals surface area (Å²) >= 11 is 1.71. The molecule has 2 rings (SSSR count). The Bertz CT molecular complexity index is 400. The molecular weight excluding hydrogens is 347 g/mol. The van der Waals surface area contributed by atoms with Crippen molar-refractivity contribution in [2.24, 2.45) is 0 Å². The highest BCUT2D eigenvalue weighted by Gasteiger charge is 2.09. The summed E-state index contributed by atoms with van der Waals surface area (Å²) in [4.78, 5) is 0. The average Bonchev–Trinajstić information content (AvgIpc) is 3.20. The van der Waals surface area contributed by atoms with E-state index in [2.05, 4.69) is 11.3 Å². The summed E-state index contributed by atoms with van der Waals surface area (Å²) in [6.45, 7) is 2.11. The van der Waals surface area contributed by atoms with Gasteiger partial charge in [0.15, 0.2) is 0 Å². The van der Waals surface area contributed by atoms with Crippen molar-refractivity contribution >= 4 is 21.5 Å². The third-order valence-corrected chi connectivity index (χ3v) is 5.38. The number of thiophene rings is 1. The van der Waals surface area contributed by atoms with Crippen LogP contribution in [0.15, 0.2) is 22.9 Å². The van der Waals surface area contributed by atoms with E-state index in [1.54, 1.807) is 11.3 Å². The minimum atomic E-state index is -3.88. The summed E-state index contributed by atoms with van der Waals surface area (Å²) in [5, 5.41) is 4.08. The maximum absolute atomic E-state index is 11.3. The van der Waals surface area contributed by atoms with E-state index in [1.807, 2.05) is 22.9 Å². The zero-order valence-electron chi connectivity index (χ0n) is 14.9. The molecule has 0 radical (unpaired) electrons. The lowest BCUT2D eigenvalue weighted by Crippen LogP contribution is -2.05. The van der Waals surface area contributed by atoms with Crippen LogP contribution in [0, 0.1) is 0 Å². The van der Waals surface area contributed by atoms with Gasteiger partial charge in [-0.1, -0.05) is 94.1 Å². The topological polar surface area (TPSA) is 43.4 Å². The Morgan fingerprint density at radius 3 is 1.71 bits per heavy atom. The molecule has 0 spiro atoms. The summed E-state index contributed by atoms with van der Waals surface area (Å²) in [7, 11) is -3.88. The van der Waals surface area contributed by atoms with Crippen LogP contribution in [0.1, 0.15) is 84.0 Å². The quantitative estimate of drug-likeness (QED) is 0.473. The van der Waals surface area contributed by atoms with E-state index in [4.69, 9.17) is 0 Å². The smallest absolute Gasteiger partial charge is 0.197 e. The molecule has 0 atom stereocenters. The van der Waals surface area contributed by atoms with Crippen molar-refractivity contribution in [1.29, 1.82) is 0 Å². The molecule has 1 aromatic rings. The molecule has 1 fully saturated rings. The molecule has 0 N–H and O–H groups in total. The molecule has 1 aliphatic rings. The van der Waals surface area contributed by atoms with Crippen molar-refractivity contribution < 1.29 is 17.3 Å². The number of halogens is 1.